The zero-order valence-corrected chi connectivity index (χ0v) is 14.1. The van der Waals surface area contributed by atoms with Gasteiger partial charge in [-0.3, -0.25) is 4.79 Å². The van der Waals surface area contributed by atoms with Crippen molar-refractivity contribution in [2.24, 2.45) is 5.73 Å². The molecule has 2 rings (SSSR count). The smallest absolute Gasteiger partial charge is 0.326 e. The van der Waals surface area contributed by atoms with E-state index in [9.17, 15) is 14.7 Å². The molecule has 0 saturated heterocycles. The highest BCUT2D eigenvalue weighted by Crippen LogP contribution is 2.22. The topological polar surface area (TPSA) is 92.4 Å². The Morgan fingerprint density at radius 2 is 1.62 bits per heavy atom. The quantitative estimate of drug-likeness (QED) is 0.732. The van der Waals surface area contributed by atoms with Gasteiger partial charge < -0.3 is 16.2 Å². The molecule has 0 bridgehead atoms. The fourth-order valence-electron chi connectivity index (χ4n) is 2.21. The molecule has 0 spiro atoms. The number of rotatable bonds is 6. The van der Waals surface area contributed by atoms with Gasteiger partial charge in [-0.25, -0.2) is 4.79 Å². The summed E-state index contributed by atoms with van der Waals surface area (Å²) in [5, 5.41) is 12.6. The third-order valence-corrected chi connectivity index (χ3v) is 4.23. The number of carbonyl (C=O) groups is 2. The van der Waals surface area contributed by atoms with Gasteiger partial charge in [0, 0.05) is 16.5 Å². The number of aliphatic carboxylic acids is 1. The third-order valence-electron chi connectivity index (χ3n) is 3.52. The molecule has 0 aliphatic rings. The number of benzene rings is 2. The molecule has 0 saturated carbocycles. The number of nitrogens with one attached hydrogen (secondary N) is 1. The zero-order chi connectivity index (χ0) is 17.7. The van der Waals surface area contributed by atoms with Gasteiger partial charge in [0.25, 0.3) is 0 Å². The Kier molecular flexibility index (Phi) is 6.20. The van der Waals surface area contributed by atoms with Gasteiger partial charge in [-0.2, -0.15) is 0 Å². The van der Waals surface area contributed by atoms with Crippen LogP contribution in [0.1, 0.15) is 17.2 Å². The van der Waals surface area contributed by atoms with E-state index in [0.717, 1.165) is 0 Å². The number of hydrogen-bond acceptors (Lipinski definition) is 3. The van der Waals surface area contributed by atoms with Gasteiger partial charge >= 0.3 is 5.97 Å². The summed E-state index contributed by atoms with van der Waals surface area (Å²) in [6.07, 6.45) is 0.0516. The molecule has 2 aromatic rings. The van der Waals surface area contributed by atoms with E-state index in [2.05, 4.69) is 5.32 Å². The summed E-state index contributed by atoms with van der Waals surface area (Å²) in [5.74, 6) is -1.79. The molecule has 5 nitrogen and oxygen atoms in total. The van der Waals surface area contributed by atoms with Gasteiger partial charge in [0.2, 0.25) is 5.91 Å². The molecule has 24 heavy (non-hydrogen) atoms. The molecule has 1 amide bonds. The maximum absolute atomic E-state index is 12.3. The molecule has 2 unspecified atom stereocenters. The Morgan fingerprint density at radius 1 is 1.04 bits per heavy atom. The van der Waals surface area contributed by atoms with E-state index in [1.807, 2.05) is 0 Å². The summed E-state index contributed by atoms with van der Waals surface area (Å²) in [6, 6.07) is 11.3. The van der Waals surface area contributed by atoms with E-state index in [1.165, 1.54) is 0 Å². The van der Waals surface area contributed by atoms with Crippen LogP contribution in [0.2, 0.25) is 10.0 Å². The molecule has 0 heterocycles. The summed E-state index contributed by atoms with van der Waals surface area (Å²) in [4.78, 5) is 23.7. The molecule has 2 aromatic carbocycles. The lowest BCUT2D eigenvalue weighted by atomic mass is 10.0. The number of carboxylic acids is 1. The molecular formula is C17H16Cl2N2O3. The second kappa shape index (κ2) is 8.15. The Bertz CT molecular complexity index is 752. The summed E-state index contributed by atoms with van der Waals surface area (Å²) >= 11 is 12.1. The SMILES string of the molecule is NC(C(=O)NC(Cc1ccccc1Cl)C(=O)O)c1ccccc1Cl. The standard InChI is InChI=1S/C17H16Cl2N2O3/c18-12-7-3-1-5-10(12)9-14(17(23)24)21-16(22)15(20)11-6-2-4-8-13(11)19/h1-8,14-15H,9,20H2,(H,21,22)(H,23,24). The fourth-order valence-corrected chi connectivity index (χ4v) is 2.68. The van der Waals surface area contributed by atoms with Crippen LogP contribution >= 0.6 is 23.2 Å². The van der Waals surface area contributed by atoms with Crippen LogP contribution in [0, 0.1) is 0 Å². The van der Waals surface area contributed by atoms with Crippen molar-refractivity contribution in [3.8, 4) is 0 Å². The predicted octanol–water partition coefficient (Wildman–Crippen LogP) is 2.81. The summed E-state index contributed by atoms with van der Waals surface area (Å²) in [7, 11) is 0. The number of nitrogens with two attached hydrogens (primary N) is 1. The molecule has 7 heteroatoms. The number of amides is 1. The van der Waals surface area contributed by atoms with Crippen molar-refractivity contribution >= 4 is 35.1 Å². The van der Waals surface area contributed by atoms with Crippen molar-refractivity contribution in [2.45, 2.75) is 18.5 Å². The van der Waals surface area contributed by atoms with Crippen LogP contribution in [0.5, 0.6) is 0 Å². The van der Waals surface area contributed by atoms with E-state index < -0.39 is 24.0 Å². The second-order valence-corrected chi connectivity index (χ2v) is 6.01. The van der Waals surface area contributed by atoms with Crippen molar-refractivity contribution in [3.05, 3.63) is 69.7 Å². The molecule has 0 aliphatic carbocycles. The molecule has 0 aromatic heterocycles. The fraction of sp³-hybridized carbons (Fsp3) is 0.176. The molecule has 0 aliphatic heterocycles. The van der Waals surface area contributed by atoms with Gasteiger partial charge in [-0.05, 0) is 23.3 Å². The first-order chi connectivity index (χ1) is 11.4. The third kappa shape index (κ3) is 4.47. The summed E-state index contributed by atoms with van der Waals surface area (Å²) in [6.45, 7) is 0. The lowest BCUT2D eigenvalue weighted by molar-refractivity contribution is -0.142. The Balaban J connectivity index is 2.13. The van der Waals surface area contributed by atoms with Crippen molar-refractivity contribution in [2.75, 3.05) is 0 Å². The lowest BCUT2D eigenvalue weighted by Gasteiger charge is -2.19. The van der Waals surface area contributed by atoms with Crippen LogP contribution in [-0.2, 0) is 16.0 Å². The van der Waals surface area contributed by atoms with Crippen LogP contribution in [-0.4, -0.2) is 23.0 Å². The Labute approximate surface area is 149 Å². The first-order valence-electron chi connectivity index (χ1n) is 7.16. The molecule has 2 atom stereocenters. The largest absolute Gasteiger partial charge is 0.480 e. The van der Waals surface area contributed by atoms with Gasteiger partial charge in [0.15, 0.2) is 0 Å². The minimum Gasteiger partial charge on any atom is -0.480 e. The van der Waals surface area contributed by atoms with Crippen LogP contribution in [0.3, 0.4) is 0 Å². The first kappa shape index (κ1) is 18.3. The average Bonchev–Trinajstić information content (AvgIpc) is 2.55. The highest BCUT2D eigenvalue weighted by atomic mass is 35.5. The van der Waals surface area contributed by atoms with Crippen molar-refractivity contribution in [1.29, 1.82) is 0 Å². The average molecular weight is 367 g/mol. The van der Waals surface area contributed by atoms with Crippen LogP contribution in [0.4, 0.5) is 0 Å². The van der Waals surface area contributed by atoms with Crippen LogP contribution < -0.4 is 11.1 Å². The van der Waals surface area contributed by atoms with E-state index in [-0.39, 0.29) is 6.42 Å². The lowest BCUT2D eigenvalue weighted by Crippen LogP contribution is -2.46. The van der Waals surface area contributed by atoms with Crippen LogP contribution in [0.25, 0.3) is 0 Å². The van der Waals surface area contributed by atoms with Crippen LogP contribution in [0.15, 0.2) is 48.5 Å². The molecular weight excluding hydrogens is 351 g/mol. The Morgan fingerprint density at radius 3 is 2.21 bits per heavy atom. The van der Waals surface area contributed by atoms with Gasteiger partial charge in [0.05, 0.1) is 0 Å². The van der Waals surface area contributed by atoms with E-state index in [0.29, 0.717) is 21.2 Å². The minimum absolute atomic E-state index is 0.0516. The predicted molar refractivity (Wildman–Crippen MR) is 93.1 cm³/mol. The van der Waals surface area contributed by atoms with E-state index in [4.69, 9.17) is 28.9 Å². The summed E-state index contributed by atoms with van der Waals surface area (Å²) in [5.41, 5.74) is 6.95. The zero-order valence-electron chi connectivity index (χ0n) is 12.6. The summed E-state index contributed by atoms with van der Waals surface area (Å²) < 4.78 is 0. The van der Waals surface area contributed by atoms with E-state index >= 15 is 0 Å². The highest BCUT2D eigenvalue weighted by molar-refractivity contribution is 6.31. The van der Waals surface area contributed by atoms with Gasteiger partial charge in [0.1, 0.15) is 12.1 Å². The van der Waals surface area contributed by atoms with Crippen molar-refractivity contribution < 1.29 is 14.7 Å². The monoisotopic (exact) mass is 366 g/mol. The van der Waals surface area contributed by atoms with E-state index in [1.54, 1.807) is 48.5 Å². The number of carbonyl (C=O) groups excluding carboxylic acids is 1. The van der Waals surface area contributed by atoms with Gasteiger partial charge in [-0.1, -0.05) is 59.6 Å². The molecule has 126 valence electrons. The number of carboxylic acid groups (broad SMARTS) is 1. The molecule has 4 N–H and O–H groups in total. The van der Waals surface area contributed by atoms with Crippen molar-refractivity contribution in [3.63, 3.8) is 0 Å². The second-order valence-electron chi connectivity index (χ2n) is 5.19. The maximum Gasteiger partial charge on any atom is 0.326 e. The minimum atomic E-state index is -1.17. The number of halogens is 2. The molecule has 0 radical (unpaired) electrons. The first-order valence-corrected chi connectivity index (χ1v) is 7.92. The maximum atomic E-state index is 12.3. The number of hydrogen-bond donors (Lipinski definition) is 3. The molecule has 0 fully saturated rings. The van der Waals surface area contributed by atoms with Crippen molar-refractivity contribution in [1.82, 2.24) is 5.32 Å². The Hall–Kier alpha value is -2.08. The normalized spacial score (nSPS) is 13.1. The highest BCUT2D eigenvalue weighted by Gasteiger charge is 2.25. The van der Waals surface area contributed by atoms with Gasteiger partial charge in [-0.15, -0.1) is 0 Å².